The molecule has 0 saturated carbocycles. The minimum absolute atomic E-state index is 0.0918. The van der Waals surface area contributed by atoms with Gasteiger partial charge in [-0.25, -0.2) is 4.98 Å². The number of nitrogens with zero attached hydrogens (tertiary/aromatic N) is 2. The first-order valence-electron chi connectivity index (χ1n) is 6.13. The lowest BCUT2D eigenvalue weighted by molar-refractivity contribution is -0.137. The highest BCUT2D eigenvalue weighted by Crippen LogP contribution is 2.33. The van der Waals surface area contributed by atoms with E-state index in [2.05, 4.69) is 15.3 Å². The van der Waals surface area contributed by atoms with E-state index in [1.807, 2.05) is 0 Å². The number of nitrogens with one attached hydrogen (secondary N) is 2. The van der Waals surface area contributed by atoms with Gasteiger partial charge in [-0.1, -0.05) is 11.6 Å². The summed E-state index contributed by atoms with van der Waals surface area (Å²) in [5.41, 5.74) is -0.405. The predicted octanol–water partition coefficient (Wildman–Crippen LogP) is 3.74. The SMILES string of the molecule is CC(Nc1ncc(C(F)(F)F)cc1Cl)n1c(CO)c[nH]c1=S. The number of aromatic nitrogens is 3. The summed E-state index contributed by atoms with van der Waals surface area (Å²) in [5, 5.41) is 11.9. The van der Waals surface area contributed by atoms with Crippen LogP contribution in [0.3, 0.4) is 0 Å². The fourth-order valence-electron chi connectivity index (χ4n) is 1.92. The Morgan fingerprint density at radius 3 is 2.77 bits per heavy atom. The van der Waals surface area contributed by atoms with E-state index >= 15 is 0 Å². The van der Waals surface area contributed by atoms with Crippen molar-refractivity contribution in [2.45, 2.75) is 25.9 Å². The average molecular weight is 353 g/mol. The van der Waals surface area contributed by atoms with Gasteiger partial charge >= 0.3 is 6.18 Å². The number of H-pyrrole nitrogens is 1. The lowest BCUT2D eigenvalue weighted by atomic mass is 10.2. The van der Waals surface area contributed by atoms with Crippen LogP contribution in [0.5, 0.6) is 0 Å². The van der Waals surface area contributed by atoms with Gasteiger partial charge in [0.05, 0.1) is 22.9 Å². The molecular weight excluding hydrogens is 341 g/mol. The number of halogens is 4. The molecule has 0 fully saturated rings. The Balaban J connectivity index is 2.27. The average Bonchev–Trinajstić information content (AvgIpc) is 2.81. The number of hydrogen-bond acceptors (Lipinski definition) is 4. The summed E-state index contributed by atoms with van der Waals surface area (Å²) >= 11 is 10.9. The summed E-state index contributed by atoms with van der Waals surface area (Å²) in [6.07, 6.45) is -2.73. The molecule has 1 unspecified atom stereocenters. The van der Waals surface area contributed by atoms with E-state index in [9.17, 15) is 18.3 Å². The number of aliphatic hydroxyl groups excluding tert-OH is 1. The highest BCUT2D eigenvalue weighted by molar-refractivity contribution is 7.71. The van der Waals surface area contributed by atoms with E-state index in [1.165, 1.54) is 0 Å². The van der Waals surface area contributed by atoms with Gasteiger partial charge in [-0.3, -0.25) is 4.57 Å². The maximum absolute atomic E-state index is 12.6. The highest BCUT2D eigenvalue weighted by Gasteiger charge is 2.31. The van der Waals surface area contributed by atoms with Crippen LogP contribution >= 0.6 is 23.8 Å². The number of rotatable bonds is 4. The van der Waals surface area contributed by atoms with Crippen LogP contribution in [0.4, 0.5) is 19.0 Å². The Bertz CT molecular complexity index is 728. The molecule has 0 spiro atoms. The third-order valence-electron chi connectivity index (χ3n) is 2.95. The fourth-order valence-corrected chi connectivity index (χ4v) is 2.48. The van der Waals surface area contributed by atoms with Crippen molar-refractivity contribution in [1.29, 1.82) is 0 Å². The van der Waals surface area contributed by atoms with Crippen molar-refractivity contribution in [2.75, 3.05) is 5.32 Å². The predicted molar refractivity (Wildman–Crippen MR) is 78.1 cm³/mol. The number of pyridine rings is 1. The lowest BCUT2D eigenvalue weighted by Gasteiger charge is -2.19. The van der Waals surface area contributed by atoms with Gasteiger partial charge in [0.15, 0.2) is 4.77 Å². The number of aliphatic hydroxyl groups is 1. The Hall–Kier alpha value is -1.58. The maximum Gasteiger partial charge on any atom is 0.417 e. The molecule has 0 amide bonds. The van der Waals surface area contributed by atoms with Gasteiger partial charge in [-0.15, -0.1) is 0 Å². The van der Waals surface area contributed by atoms with Crippen LogP contribution in [0.25, 0.3) is 0 Å². The molecule has 10 heteroatoms. The molecule has 2 heterocycles. The first kappa shape index (κ1) is 16.8. The second-order valence-corrected chi connectivity index (χ2v) is 5.28. The number of aromatic amines is 1. The normalized spacial score (nSPS) is 13.2. The zero-order chi connectivity index (χ0) is 16.5. The highest BCUT2D eigenvalue weighted by atomic mass is 35.5. The number of alkyl halides is 3. The molecule has 3 N–H and O–H groups in total. The Kier molecular flexibility index (Phi) is 4.78. The molecule has 0 aromatic carbocycles. The number of hydrogen-bond donors (Lipinski definition) is 3. The van der Waals surface area contributed by atoms with Crippen LogP contribution in [0, 0.1) is 4.77 Å². The third-order valence-corrected chi connectivity index (χ3v) is 3.56. The monoisotopic (exact) mass is 352 g/mol. The molecule has 2 aromatic rings. The number of anilines is 1. The van der Waals surface area contributed by atoms with E-state index in [4.69, 9.17) is 23.8 Å². The maximum atomic E-state index is 12.6. The first-order valence-corrected chi connectivity index (χ1v) is 6.91. The quantitative estimate of drug-likeness (QED) is 0.733. The zero-order valence-electron chi connectivity index (χ0n) is 11.3. The molecule has 0 saturated heterocycles. The molecule has 0 radical (unpaired) electrons. The third kappa shape index (κ3) is 3.42. The smallest absolute Gasteiger partial charge is 0.390 e. The minimum atomic E-state index is -4.51. The standard InChI is InChI=1S/C12H12ClF3N4OS/c1-6(20-8(5-21)4-18-11(20)22)19-10-9(13)2-7(3-17-10)12(14,15)16/h2-4,6,21H,5H2,1H3,(H,17,19)(H,18,22). The Morgan fingerprint density at radius 2 is 2.23 bits per heavy atom. The fraction of sp³-hybridized carbons (Fsp3) is 0.333. The van der Waals surface area contributed by atoms with E-state index in [0.717, 1.165) is 6.07 Å². The first-order chi connectivity index (χ1) is 10.2. The van der Waals surface area contributed by atoms with E-state index < -0.39 is 17.9 Å². The molecule has 0 aliphatic rings. The summed E-state index contributed by atoms with van der Waals surface area (Å²) in [4.78, 5) is 6.47. The molecule has 2 aromatic heterocycles. The van der Waals surface area contributed by atoms with Crippen LogP contribution in [-0.4, -0.2) is 19.6 Å². The van der Waals surface area contributed by atoms with Gasteiger partial charge in [0.25, 0.3) is 0 Å². The topological polar surface area (TPSA) is 65.9 Å². The minimum Gasteiger partial charge on any atom is -0.390 e. The van der Waals surface area contributed by atoms with Gasteiger partial charge in [0.1, 0.15) is 12.0 Å². The van der Waals surface area contributed by atoms with Gasteiger partial charge in [0, 0.05) is 12.4 Å². The summed E-state index contributed by atoms with van der Waals surface area (Å²) in [7, 11) is 0. The van der Waals surface area contributed by atoms with Crippen molar-refractivity contribution in [3.63, 3.8) is 0 Å². The summed E-state index contributed by atoms with van der Waals surface area (Å²) in [6.45, 7) is 1.46. The Labute approximate surface area is 133 Å². The van der Waals surface area contributed by atoms with Gasteiger partial charge in [-0.2, -0.15) is 13.2 Å². The van der Waals surface area contributed by atoms with Crippen molar-refractivity contribution >= 4 is 29.6 Å². The number of imidazole rings is 1. The molecule has 0 bridgehead atoms. The summed E-state index contributed by atoms with van der Waals surface area (Å²) in [6, 6.07) is 0.799. The van der Waals surface area contributed by atoms with Crippen molar-refractivity contribution in [3.8, 4) is 0 Å². The Morgan fingerprint density at radius 1 is 1.55 bits per heavy atom. The van der Waals surface area contributed by atoms with Crippen LogP contribution in [0.15, 0.2) is 18.5 Å². The van der Waals surface area contributed by atoms with Crippen LogP contribution in [-0.2, 0) is 12.8 Å². The second kappa shape index (κ2) is 6.27. The van der Waals surface area contributed by atoms with Gasteiger partial charge in [0.2, 0.25) is 0 Å². The molecule has 5 nitrogen and oxygen atoms in total. The van der Waals surface area contributed by atoms with Crippen molar-refractivity contribution in [2.24, 2.45) is 0 Å². The second-order valence-electron chi connectivity index (χ2n) is 4.49. The van der Waals surface area contributed by atoms with Gasteiger partial charge in [-0.05, 0) is 25.2 Å². The molecule has 0 aliphatic carbocycles. The van der Waals surface area contributed by atoms with Crippen molar-refractivity contribution < 1.29 is 18.3 Å². The zero-order valence-corrected chi connectivity index (χ0v) is 12.9. The molecule has 0 aliphatic heterocycles. The molecular formula is C12H12ClF3N4OS. The van der Waals surface area contributed by atoms with E-state index in [0.29, 0.717) is 16.7 Å². The lowest BCUT2D eigenvalue weighted by Crippen LogP contribution is -2.18. The largest absolute Gasteiger partial charge is 0.417 e. The van der Waals surface area contributed by atoms with Crippen molar-refractivity contribution in [1.82, 2.24) is 14.5 Å². The molecule has 1 atom stereocenters. The summed E-state index contributed by atoms with van der Waals surface area (Å²) in [5.74, 6) is 0.0918. The molecule has 22 heavy (non-hydrogen) atoms. The van der Waals surface area contributed by atoms with E-state index in [-0.39, 0.29) is 17.4 Å². The van der Waals surface area contributed by atoms with Gasteiger partial charge < -0.3 is 15.4 Å². The van der Waals surface area contributed by atoms with Crippen molar-refractivity contribution in [3.05, 3.63) is 39.5 Å². The van der Waals surface area contributed by atoms with Crippen LogP contribution in [0.2, 0.25) is 5.02 Å². The molecule has 120 valence electrons. The van der Waals surface area contributed by atoms with Crippen LogP contribution in [0.1, 0.15) is 24.3 Å². The molecule has 2 rings (SSSR count). The van der Waals surface area contributed by atoms with E-state index in [1.54, 1.807) is 17.7 Å². The van der Waals surface area contributed by atoms with Crippen LogP contribution < -0.4 is 5.32 Å². The summed E-state index contributed by atoms with van der Waals surface area (Å²) < 4.78 is 39.6.